The fourth-order valence-corrected chi connectivity index (χ4v) is 1.80. The summed E-state index contributed by atoms with van der Waals surface area (Å²) in [4.78, 5) is 2.39. The summed E-state index contributed by atoms with van der Waals surface area (Å²) in [5.41, 5.74) is 0.976. The smallest absolute Gasteiger partial charge is 0.0757 e. The molecule has 1 saturated heterocycles. The van der Waals surface area contributed by atoms with Crippen LogP contribution in [0.2, 0.25) is 0 Å². The van der Waals surface area contributed by atoms with Gasteiger partial charge in [-0.05, 0) is 37.9 Å². The summed E-state index contributed by atoms with van der Waals surface area (Å²) in [6, 6.07) is 0. The first-order chi connectivity index (χ1) is 6.24. The van der Waals surface area contributed by atoms with Crippen molar-refractivity contribution in [1.82, 2.24) is 4.90 Å². The van der Waals surface area contributed by atoms with Gasteiger partial charge in [0.2, 0.25) is 0 Å². The summed E-state index contributed by atoms with van der Waals surface area (Å²) >= 11 is 0. The second kappa shape index (κ2) is 5.40. The first-order valence-corrected chi connectivity index (χ1v) is 5.32. The number of rotatable bonds is 4. The van der Waals surface area contributed by atoms with Gasteiger partial charge in [0, 0.05) is 6.54 Å². The Balaban J connectivity index is 2.26. The number of piperidine rings is 1. The molecule has 2 nitrogen and oxygen atoms in total. The molecule has 1 rings (SSSR count). The van der Waals surface area contributed by atoms with E-state index < -0.39 is 0 Å². The highest BCUT2D eigenvalue weighted by Gasteiger charge is 2.13. The number of hydrogen-bond acceptors (Lipinski definition) is 2. The van der Waals surface area contributed by atoms with Gasteiger partial charge in [0.25, 0.3) is 0 Å². The van der Waals surface area contributed by atoms with Crippen LogP contribution in [-0.4, -0.2) is 35.7 Å². The van der Waals surface area contributed by atoms with Crippen molar-refractivity contribution in [3.63, 3.8) is 0 Å². The molecule has 0 aromatic heterocycles. The van der Waals surface area contributed by atoms with Gasteiger partial charge in [0.05, 0.1) is 6.10 Å². The molecule has 13 heavy (non-hydrogen) atoms. The van der Waals surface area contributed by atoms with Crippen molar-refractivity contribution in [2.45, 2.75) is 38.7 Å². The molecule has 0 amide bonds. The highest BCUT2D eigenvalue weighted by Crippen LogP contribution is 2.12. The van der Waals surface area contributed by atoms with Crippen LogP contribution >= 0.6 is 0 Å². The summed E-state index contributed by atoms with van der Waals surface area (Å²) in [5, 5.41) is 9.53. The molecule has 0 aromatic rings. The molecular weight excluding hydrogens is 162 g/mol. The van der Waals surface area contributed by atoms with Crippen LogP contribution in [0.4, 0.5) is 0 Å². The fraction of sp³-hybridized carbons (Fsp3) is 0.818. The van der Waals surface area contributed by atoms with Gasteiger partial charge >= 0.3 is 0 Å². The molecule has 0 aliphatic carbocycles. The van der Waals surface area contributed by atoms with Crippen LogP contribution in [0.15, 0.2) is 12.2 Å². The lowest BCUT2D eigenvalue weighted by molar-refractivity contribution is 0.179. The van der Waals surface area contributed by atoms with E-state index in [9.17, 15) is 5.11 Å². The third-order valence-electron chi connectivity index (χ3n) is 2.73. The predicted molar refractivity (Wildman–Crippen MR) is 55.7 cm³/mol. The molecule has 1 aliphatic heterocycles. The third-order valence-corrected chi connectivity index (χ3v) is 2.73. The fourth-order valence-electron chi connectivity index (χ4n) is 1.80. The summed E-state index contributed by atoms with van der Waals surface area (Å²) in [6.07, 6.45) is 4.44. The summed E-state index contributed by atoms with van der Waals surface area (Å²) in [7, 11) is 0. The van der Waals surface area contributed by atoms with Gasteiger partial charge in [-0.15, -0.1) is 0 Å². The quantitative estimate of drug-likeness (QED) is 0.672. The maximum absolute atomic E-state index is 9.53. The van der Waals surface area contributed by atoms with Crippen molar-refractivity contribution in [1.29, 1.82) is 0 Å². The molecule has 0 spiro atoms. The normalized spacial score (nSPS) is 21.4. The van der Waals surface area contributed by atoms with Crippen molar-refractivity contribution in [2.24, 2.45) is 0 Å². The second-order valence-corrected chi connectivity index (χ2v) is 3.92. The highest BCUT2D eigenvalue weighted by atomic mass is 16.3. The first-order valence-electron chi connectivity index (χ1n) is 5.32. The van der Waals surface area contributed by atoms with Crippen molar-refractivity contribution >= 4 is 0 Å². The Kier molecular flexibility index (Phi) is 4.46. The minimum absolute atomic E-state index is 0.304. The van der Waals surface area contributed by atoms with E-state index >= 15 is 0 Å². The standard InChI is InChI=1S/C11H21NO/c1-3-11(13)10(2)9-12-7-5-4-6-8-12/h11,13H,2-9H2,1H3. The van der Waals surface area contributed by atoms with Crippen LogP contribution in [0.1, 0.15) is 32.6 Å². The topological polar surface area (TPSA) is 23.5 Å². The van der Waals surface area contributed by atoms with Gasteiger partial charge in [0.15, 0.2) is 0 Å². The molecule has 0 saturated carbocycles. The molecule has 0 aromatic carbocycles. The van der Waals surface area contributed by atoms with Crippen LogP contribution in [0.3, 0.4) is 0 Å². The van der Waals surface area contributed by atoms with E-state index in [-0.39, 0.29) is 6.10 Å². The van der Waals surface area contributed by atoms with E-state index in [1.807, 2.05) is 6.92 Å². The van der Waals surface area contributed by atoms with Gasteiger partial charge in [-0.3, -0.25) is 4.90 Å². The molecule has 1 fully saturated rings. The zero-order chi connectivity index (χ0) is 9.68. The molecule has 1 N–H and O–H groups in total. The Morgan fingerprint density at radius 2 is 2.00 bits per heavy atom. The zero-order valence-electron chi connectivity index (χ0n) is 8.63. The third kappa shape index (κ3) is 3.49. The van der Waals surface area contributed by atoms with Crippen molar-refractivity contribution in [3.05, 3.63) is 12.2 Å². The monoisotopic (exact) mass is 183 g/mol. The lowest BCUT2D eigenvalue weighted by atomic mass is 10.1. The zero-order valence-corrected chi connectivity index (χ0v) is 8.63. The van der Waals surface area contributed by atoms with Crippen molar-refractivity contribution in [2.75, 3.05) is 19.6 Å². The minimum Gasteiger partial charge on any atom is -0.389 e. The summed E-state index contributed by atoms with van der Waals surface area (Å²) < 4.78 is 0. The van der Waals surface area contributed by atoms with E-state index in [2.05, 4.69) is 11.5 Å². The Morgan fingerprint density at radius 1 is 1.38 bits per heavy atom. The van der Waals surface area contributed by atoms with Crippen LogP contribution in [0.25, 0.3) is 0 Å². The average Bonchev–Trinajstić information content (AvgIpc) is 2.18. The van der Waals surface area contributed by atoms with Crippen LogP contribution in [-0.2, 0) is 0 Å². The predicted octanol–water partition coefficient (Wildman–Crippen LogP) is 1.80. The largest absolute Gasteiger partial charge is 0.389 e. The SMILES string of the molecule is C=C(CN1CCCCC1)C(O)CC. The van der Waals surface area contributed by atoms with Crippen LogP contribution in [0, 0.1) is 0 Å². The molecule has 2 heteroatoms. The van der Waals surface area contributed by atoms with Gasteiger partial charge in [-0.25, -0.2) is 0 Å². The maximum Gasteiger partial charge on any atom is 0.0757 e. The van der Waals surface area contributed by atoms with E-state index in [0.29, 0.717) is 0 Å². The lowest BCUT2D eigenvalue weighted by Crippen LogP contribution is -2.33. The Bertz CT molecular complexity index is 161. The summed E-state index contributed by atoms with van der Waals surface area (Å²) in [5.74, 6) is 0. The molecule has 1 unspecified atom stereocenters. The molecule has 0 radical (unpaired) electrons. The van der Waals surface area contributed by atoms with Crippen LogP contribution < -0.4 is 0 Å². The van der Waals surface area contributed by atoms with E-state index in [1.165, 1.54) is 32.4 Å². The molecule has 76 valence electrons. The Labute approximate surface area is 81.2 Å². The Morgan fingerprint density at radius 3 is 2.54 bits per heavy atom. The van der Waals surface area contributed by atoms with E-state index in [4.69, 9.17) is 0 Å². The molecule has 1 aliphatic rings. The summed E-state index contributed by atoms with van der Waals surface area (Å²) in [6.45, 7) is 9.16. The van der Waals surface area contributed by atoms with E-state index in [0.717, 1.165) is 18.5 Å². The number of aliphatic hydroxyl groups is 1. The van der Waals surface area contributed by atoms with Crippen molar-refractivity contribution in [3.8, 4) is 0 Å². The number of likely N-dealkylation sites (tertiary alicyclic amines) is 1. The van der Waals surface area contributed by atoms with Gasteiger partial charge < -0.3 is 5.11 Å². The molecule has 0 bridgehead atoms. The molecule has 1 heterocycles. The minimum atomic E-state index is -0.304. The second-order valence-electron chi connectivity index (χ2n) is 3.92. The van der Waals surface area contributed by atoms with Gasteiger partial charge in [-0.1, -0.05) is 19.9 Å². The number of nitrogens with zero attached hydrogens (tertiary/aromatic N) is 1. The van der Waals surface area contributed by atoms with E-state index in [1.54, 1.807) is 0 Å². The molecular formula is C11H21NO. The number of hydrogen-bond donors (Lipinski definition) is 1. The van der Waals surface area contributed by atoms with Crippen LogP contribution in [0.5, 0.6) is 0 Å². The first kappa shape index (κ1) is 10.7. The highest BCUT2D eigenvalue weighted by molar-refractivity contribution is 5.04. The lowest BCUT2D eigenvalue weighted by Gasteiger charge is -2.28. The Hall–Kier alpha value is -0.340. The van der Waals surface area contributed by atoms with Crippen molar-refractivity contribution < 1.29 is 5.11 Å². The van der Waals surface area contributed by atoms with Gasteiger partial charge in [-0.2, -0.15) is 0 Å². The maximum atomic E-state index is 9.53. The number of aliphatic hydroxyl groups excluding tert-OH is 1. The molecule has 1 atom stereocenters. The average molecular weight is 183 g/mol. The van der Waals surface area contributed by atoms with Gasteiger partial charge in [0.1, 0.15) is 0 Å².